The Labute approximate surface area is 155 Å². The van der Waals surface area contributed by atoms with Crippen LogP contribution in [0.25, 0.3) is 22.0 Å². The number of nitrogens with zero attached hydrogens (tertiary/aromatic N) is 1. The normalized spacial score (nSPS) is 12.4. The summed E-state index contributed by atoms with van der Waals surface area (Å²) in [6, 6.07) is 21.1. The van der Waals surface area contributed by atoms with Gasteiger partial charge in [-0.3, -0.25) is 0 Å². The van der Waals surface area contributed by atoms with Crippen molar-refractivity contribution in [2.45, 2.75) is 4.90 Å². The monoisotopic (exact) mass is 378 g/mol. The molecule has 134 valence electrons. The van der Waals surface area contributed by atoms with Gasteiger partial charge in [0.1, 0.15) is 16.5 Å². The Morgan fingerprint density at radius 1 is 0.889 bits per heavy atom. The number of aromatic nitrogens is 2. The molecule has 0 saturated carbocycles. The van der Waals surface area contributed by atoms with Gasteiger partial charge < -0.3 is 4.98 Å². The van der Waals surface area contributed by atoms with Crippen LogP contribution in [0.2, 0.25) is 0 Å². The summed E-state index contributed by atoms with van der Waals surface area (Å²) in [6.07, 6.45) is 1.50. The minimum absolute atomic E-state index is 0.0245. The molecule has 1 aromatic heterocycles. The lowest BCUT2D eigenvalue weighted by molar-refractivity contribution is 0.606. The van der Waals surface area contributed by atoms with Crippen LogP contribution in [-0.2, 0) is 9.84 Å². The summed E-state index contributed by atoms with van der Waals surface area (Å²) in [4.78, 5) is 7.70. The number of para-hydroxylation sites is 2. The quantitative estimate of drug-likeness (QED) is 0.561. The lowest BCUT2D eigenvalue weighted by Gasteiger charge is -2.08. The summed E-state index contributed by atoms with van der Waals surface area (Å²) in [5.74, 6) is -0.146. The van der Waals surface area contributed by atoms with Crippen LogP contribution in [0.5, 0.6) is 0 Å². The second-order valence-corrected chi connectivity index (χ2v) is 7.90. The first-order chi connectivity index (χ1) is 13.0. The van der Waals surface area contributed by atoms with E-state index in [2.05, 4.69) is 9.97 Å². The number of imidazole rings is 1. The van der Waals surface area contributed by atoms with E-state index in [0.29, 0.717) is 11.1 Å². The number of fused-ring (bicyclic) bond motifs is 1. The maximum atomic E-state index is 13.3. The first kappa shape index (κ1) is 17.2. The first-order valence-corrected chi connectivity index (χ1v) is 9.75. The van der Waals surface area contributed by atoms with Crippen molar-refractivity contribution in [1.82, 2.24) is 9.97 Å². The summed E-state index contributed by atoms with van der Waals surface area (Å²) in [5, 5.41) is 0. The van der Waals surface area contributed by atoms with Crippen LogP contribution in [0.3, 0.4) is 0 Å². The highest BCUT2D eigenvalue weighted by molar-refractivity contribution is 8.00. The zero-order chi connectivity index (χ0) is 18.9. The molecule has 4 aromatic rings. The Bertz CT molecular complexity index is 1200. The minimum atomic E-state index is -3.84. The predicted octanol–water partition coefficient (Wildman–Crippen LogP) is 4.67. The fraction of sp³-hybridized carbons (Fsp3) is 0. The average Bonchev–Trinajstić information content (AvgIpc) is 3.11. The van der Waals surface area contributed by atoms with Crippen molar-refractivity contribution in [3.8, 4) is 0 Å². The molecule has 4 rings (SSSR count). The summed E-state index contributed by atoms with van der Waals surface area (Å²) in [7, 11) is -3.84. The molecule has 1 heterocycles. The van der Waals surface area contributed by atoms with Gasteiger partial charge >= 0.3 is 0 Å². The van der Waals surface area contributed by atoms with Gasteiger partial charge in [-0.15, -0.1) is 0 Å². The maximum Gasteiger partial charge on any atom is 0.210 e. The van der Waals surface area contributed by atoms with E-state index >= 15 is 0 Å². The Balaban J connectivity index is 1.93. The first-order valence-electron chi connectivity index (χ1n) is 8.26. The summed E-state index contributed by atoms with van der Waals surface area (Å²) in [5.41, 5.74) is 1.97. The molecule has 6 heteroatoms. The molecule has 1 N–H and O–H groups in total. The zero-order valence-corrected chi connectivity index (χ0v) is 14.9. The molecule has 27 heavy (non-hydrogen) atoms. The molecule has 0 aliphatic carbocycles. The molecule has 0 saturated heterocycles. The van der Waals surface area contributed by atoms with Gasteiger partial charge in [0.25, 0.3) is 0 Å². The topological polar surface area (TPSA) is 62.8 Å². The van der Waals surface area contributed by atoms with Crippen molar-refractivity contribution in [3.63, 3.8) is 0 Å². The van der Waals surface area contributed by atoms with Crippen LogP contribution in [0.15, 0.2) is 83.8 Å². The van der Waals surface area contributed by atoms with Crippen molar-refractivity contribution in [3.05, 3.63) is 96.1 Å². The number of halogens is 1. The average molecular weight is 378 g/mol. The van der Waals surface area contributed by atoms with Crippen molar-refractivity contribution >= 4 is 31.9 Å². The van der Waals surface area contributed by atoms with Gasteiger partial charge in [0, 0.05) is 0 Å². The number of rotatable bonds is 4. The van der Waals surface area contributed by atoms with Gasteiger partial charge in [-0.1, -0.05) is 42.5 Å². The van der Waals surface area contributed by atoms with Crippen molar-refractivity contribution in [2.75, 3.05) is 0 Å². The number of sulfone groups is 1. The summed E-state index contributed by atoms with van der Waals surface area (Å²) < 4.78 is 39.8. The molecule has 4 nitrogen and oxygen atoms in total. The van der Waals surface area contributed by atoms with Crippen molar-refractivity contribution in [2.24, 2.45) is 0 Å². The van der Waals surface area contributed by atoms with Crippen LogP contribution in [0, 0.1) is 5.82 Å². The third-order valence-corrected chi connectivity index (χ3v) is 5.92. The molecule has 0 fully saturated rings. The molecule has 0 aliphatic rings. The number of H-pyrrole nitrogens is 1. The van der Waals surface area contributed by atoms with E-state index in [0.717, 1.165) is 5.52 Å². The van der Waals surface area contributed by atoms with Gasteiger partial charge in [-0.2, -0.15) is 0 Å². The van der Waals surface area contributed by atoms with E-state index in [1.807, 2.05) is 18.2 Å². The van der Waals surface area contributed by atoms with Gasteiger partial charge in [-0.25, -0.2) is 17.8 Å². The standard InChI is InChI=1S/C21H15FN2O2S/c22-16-12-10-15(11-13-16)14-20(27(25,26)17-6-2-1-3-7-17)21-23-18-8-4-5-9-19(18)24-21/h1-14H,(H,23,24)/b20-14+. The largest absolute Gasteiger partial charge is 0.337 e. The van der Waals surface area contributed by atoms with Crippen LogP contribution in [0.4, 0.5) is 4.39 Å². The van der Waals surface area contributed by atoms with Crippen LogP contribution >= 0.6 is 0 Å². The molecular weight excluding hydrogens is 363 g/mol. The van der Waals surface area contributed by atoms with Crippen LogP contribution in [0.1, 0.15) is 11.4 Å². The predicted molar refractivity (Wildman–Crippen MR) is 104 cm³/mol. The number of aromatic amines is 1. The number of hydrogen-bond acceptors (Lipinski definition) is 3. The molecule has 0 aliphatic heterocycles. The van der Waals surface area contributed by atoms with Gasteiger partial charge in [0.15, 0.2) is 0 Å². The molecule has 0 amide bonds. The fourth-order valence-corrected chi connectivity index (χ4v) is 4.19. The van der Waals surface area contributed by atoms with E-state index < -0.39 is 9.84 Å². The van der Waals surface area contributed by atoms with Crippen molar-refractivity contribution < 1.29 is 12.8 Å². The van der Waals surface area contributed by atoms with Gasteiger partial charge in [0.05, 0.1) is 15.9 Å². The van der Waals surface area contributed by atoms with E-state index in [9.17, 15) is 12.8 Å². The summed E-state index contributed by atoms with van der Waals surface area (Å²) in [6.45, 7) is 0. The summed E-state index contributed by atoms with van der Waals surface area (Å²) >= 11 is 0. The molecular formula is C21H15FN2O2S. The van der Waals surface area contributed by atoms with E-state index in [-0.39, 0.29) is 21.4 Å². The maximum absolute atomic E-state index is 13.3. The Morgan fingerprint density at radius 2 is 1.56 bits per heavy atom. The Kier molecular flexibility index (Phi) is 4.33. The van der Waals surface area contributed by atoms with Gasteiger partial charge in [-0.05, 0) is 48.0 Å². The fourth-order valence-electron chi connectivity index (χ4n) is 2.78. The SMILES string of the molecule is O=S(=O)(/C(=C/c1ccc(F)cc1)c1nc2ccccc2[nH]1)c1ccccc1. The van der Waals surface area contributed by atoms with E-state index in [4.69, 9.17) is 0 Å². The molecule has 0 bridgehead atoms. The third kappa shape index (κ3) is 3.39. The second kappa shape index (κ2) is 6.81. The number of benzene rings is 3. The lowest BCUT2D eigenvalue weighted by Crippen LogP contribution is -2.05. The van der Waals surface area contributed by atoms with E-state index in [1.165, 1.54) is 42.5 Å². The van der Waals surface area contributed by atoms with Crippen LogP contribution in [-0.4, -0.2) is 18.4 Å². The van der Waals surface area contributed by atoms with Crippen molar-refractivity contribution in [1.29, 1.82) is 0 Å². The molecule has 3 aromatic carbocycles. The number of hydrogen-bond donors (Lipinski definition) is 1. The Morgan fingerprint density at radius 3 is 2.26 bits per heavy atom. The highest BCUT2D eigenvalue weighted by Crippen LogP contribution is 2.29. The minimum Gasteiger partial charge on any atom is -0.337 e. The van der Waals surface area contributed by atoms with Gasteiger partial charge in [0.2, 0.25) is 9.84 Å². The van der Waals surface area contributed by atoms with E-state index in [1.54, 1.807) is 24.3 Å². The molecule has 0 radical (unpaired) electrons. The lowest BCUT2D eigenvalue weighted by atomic mass is 10.2. The zero-order valence-electron chi connectivity index (χ0n) is 14.1. The highest BCUT2D eigenvalue weighted by atomic mass is 32.2. The smallest absolute Gasteiger partial charge is 0.210 e. The number of nitrogens with one attached hydrogen (secondary N) is 1. The van der Waals surface area contributed by atoms with Crippen LogP contribution < -0.4 is 0 Å². The molecule has 0 spiro atoms. The highest BCUT2D eigenvalue weighted by Gasteiger charge is 2.25. The molecule has 0 unspecified atom stereocenters. The second-order valence-electron chi connectivity index (χ2n) is 5.98. The third-order valence-electron chi connectivity index (χ3n) is 4.13. The Hall–Kier alpha value is -3.25. The molecule has 0 atom stereocenters.